The highest BCUT2D eigenvalue weighted by Gasteiger charge is 2.26. The number of para-hydroxylation sites is 6. The minimum absolute atomic E-state index is 0.614. The van der Waals surface area contributed by atoms with Gasteiger partial charge >= 0.3 is 0 Å². The van der Waals surface area contributed by atoms with E-state index in [-0.39, 0.29) is 0 Å². The summed E-state index contributed by atoms with van der Waals surface area (Å²) in [5.41, 5.74) is 23.6. The second-order valence-corrected chi connectivity index (χ2v) is 27.2. The average Bonchev–Trinajstić information content (AvgIpc) is 0.708. The quantitative estimate of drug-likeness (QED) is 0.0881. The van der Waals surface area contributed by atoms with Crippen molar-refractivity contribution in [2.45, 2.75) is 0 Å². The molecule has 0 heterocycles. The number of nitriles is 4. The number of hydrogen-bond acceptors (Lipinski definition) is 8. The minimum atomic E-state index is 0.614. The molecule has 0 amide bonds. The Morgan fingerprint density at radius 2 is 0.384 bits per heavy atom. The van der Waals surface area contributed by atoms with E-state index in [9.17, 15) is 21.0 Å². The Bertz CT molecular complexity index is 6440. The fourth-order valence-electron chi connectivity index (χ4n) is 15.5. The van der Waals surface area contributed by atoms with E-state index < -0.39 is 0 Å². The molecule has 0 fully saturated rings. The van der Waals surface area contributed by atoms with Crippen LogP contribution in [-0.4, -0.2) is 0 Å². The molecule has 0 aliphatic rings. The van der Waals surface area contributed by atoms with Crippen LogP contribution in [0.4, 0.5) is 68.2 Å². The van der Waals surface area contributed by atoms with Crippen LogP contribution in [0.3, 0.4) is 0 Å². The van der Waals surface area contributed by atoms with Crippen molar-refractivity contribution in [2.75, 3.05) is 19.6 Å². The van der Waals surface area contributed by atoms with Crippen LogP contribution < -0.4 is 19.6 Å². The van der Waals surface area contributed by atoms with Gasteiger partial charge in [0, 0.05) is 67.9 Å². The third-order valence-electron chi connectivity index (χ3n) is 20.6. The largest absolute Gasteiger partial charge is 0.311 e. The van der Waals surface area contributed by atoms with Crippen LogP contribution in [0.5, 0.6) is 0 Å². The molecule has 0 radical (unpaired) electrons. The molecule has 8 nitrogen and oxygen atoms in total. The van der Waals surface area contributed by atoms with Gasteiger partial charge in [0.25, 0.3) is 0 Å². The predicted molar refractivity (Wildman–Crippen MR) is 462 cm³/mol. The molecule has 0 saturated carbocycles. The molecule has 18 rings (SSSR count). The Labute approximate surface area is 651 Å². The molecule has 0 spiro atoms. The van der Waals surface area contributed by atoms with Crippen molar-refractivity contribution in [1.82, 2.24) is 0 Å². The maximum absolute atomic E-state index is 9.71. The van der Waals surface area contributed by atoms with Gasteiger partial charge in [0.2, 0.25) is 0 Å². The standard InChI is InChI=1S/2C52H34N4/c53-35-37-23-27-39(28-24-37)50-46-19-10-11-20-47(46)51(40-29-25-38(36-54)26-30-40)52-48(50)21-12-22-49(52)56(43-17-8-3-9-18-43)45-33-31-44(32-34-45)55(41-13-4-1-5-14-41)42-15-6-2-7-16-42;53-35-37-20-24-39(25-21-37)51-47-18-10-11-19-48(47)52(40-26-22-38(36-54)23-27-40)50-34-46(32-33-49(50)51)56(43-16-8-3-9-17-43)45-30-28-44(29-31-45)55(41-12-4-1-5-13-41)42-14-6-2-7-15-42/h2*1-34H. The fourth-order valence-corrected chi connectivity index (χ4v) is 15.5. The van der Waals surface area contributed by atoms with Crippen LogP contribution >= 0.6 is 0 Å². The second-order valence-electron chi connectivity index (χ2n) is 27.2. The van der Waals surface area contributed by atoms with E-state index in [0.29, 0.717) is 22.3 Å². The average molecular weight is 1430 g/mol. The van der Waals surface area contributed by atoms with Gasteiger partial charge in [-0.2, -0.15) is 21.0 Å². The number of rotatable bonds is 16. The summed E-state index contributed by atoms with van der Waals surface area (Å²) in [5.74, 6) is 0. The molecule has 0 unspecified atom stereocenters. The maximum Gasteiger partial charge on any atom is 0.0991 e. The molecule has 0 aromatic heterocycles. The van der Waals surface area contributed by atoms with E-state index in [1.54, 1.807) is 0 Å². The van der Waals surface area contributed by atoms with E-state index in [4.69, 9.17) is 0 Å². The van der Waals surface area contributed by atoms with Crippen LogP contribution in [0.15, 0.2) is 413 Å². The van der Waals surface area contributed by atoms with Crippen LogP contribution in [0.25, 0.3) is 87.6 Å². The number of fused-ring (bicyclic) bond motifs is 4. The highest BCUT2D eigenvalue weighted by Crippen LogP contribution is 2.52. The monoisotopic (exact) mass is 1430 g/mol. The van der Waals surface area contributed by atoms with Crippen molar-refractivity contribution in [2.24, 2.45) is 0 Å². The SMILES string of the molecule is N#Cc1ccc(-c2c3ccccc3c(-c3ccc(C#N)cc3)c3c(N(c4ccccc4)c4ccc(N(c5ccccc5)c5ccccc5)cc4)cccc23)cc1.N#Cc1ccc(-c2c3ccccc3c(-c3ccc(C#N)cc3)c3cc(N(c4ccccc4)c4ccc(N(c5ccccc5)c5ccccc5)cc4)ccc23)cc1. The topological polar surface area (TPSA) is 108 Å². The van der Waals surface area contributed by atoms with E-state index in [1.807, 2.05) is 121 Å². The van der Waals surface area contributed by atoms with Gasteiger partial charge in [0.05, 0.1) is 52.2 Å². The molecule has 0 saturated heterocycles. The van der Waals surface area contributed by atoms with Crippen molar-refractivity contribution < 1.29 is 0 Å². The Morgan fingerprint density at radius 3 is 0.705 bits per heavy atom. The Hall–Kier alpha value is -15.8. The highest BCUT2D eigenvalue weighted by atomic mass is 15.2. The molecule has 8 heteroatoms. The summed E-state index contributed by atoms with van der Waals surface area (Å²) >= 11 is 0. The van der Waals surface area contributed by atoms with Gasteiger partial charge in [-0.1, -0.05) is 224 Å². The first-order valence-electron chi connectivity index (χ1n) is 37.1. The maximum atomic E-state index is 9.71. The van der Waals surface area contributed by atoms with Gasteiger partial charge in [-0.05, 0) is 270 Å². The van der Waals surface area contributed by atoms with Crippen molar-refractivity contribution in [3.05, 3.63) is 435 Å². The van der Waals surface area contributed by atoms with Gasteiger partial charge in [-0.3, -0.25) is 0 Å². The molecular formula is C104H68N8. The minimum Gasteiger partial charge on any atom is -0.311 e. The van der Waals surface area contributed by atoms with Crippen molar-refractivity contribution in [3.63, 3.8) is 0 Å². The van der Waals surface area contributed by atoms with E-state index in [2.05, 4.69) is 335 Å². The lowest BCUT2D eigenvalue weighted by Crippen LogP contribution is -2.12. The first-order chi connectivity index (χ1) is 55.4. The molecular weight excluding hydrogens is 1360 g/mol. The smallest absolute Gasteiger partial charge is 0.0991 e. The van der Waals surface area contributed by atoms with Crippen LogP contribution in [0.2, 0.25) is 0 Å². The number of anilines is 12. The first-order valence-corrected chi connectivity index (χ1v) is 37.1. The predicted octanol–water partition coefficient (Wildman–Crippen LogP) is 28.0. The van der Waals surface area contributed by atoms with Crippen molar-refractivity contribution in [1.29, 1.82) is 21.0 Å². The lowest BCUT2D eigenvalue weighted by atomic mass is 9.84. The molecule has 18 aromatic carbocycles. The number of hydrogen-bond donors (Lipinski definition) is 0. The zero-order chi connectivity index (χ0) is 75.7. The van der Waals surface area contributed by atoms with Crippen LogP contribution in [0, 0.1) is 45.3 Å². The van der Waals surface area contributed by atoms with E-state index >= 15 is 0 Å². The summed E-state index contributed by atoms with van der Waals surface area (Å²) in [6, 6.07) is 151. The van der Waals surface area contributed by atoms with Crippen molar-refractivity contribution >= 4 is 111 Å². The third-order valence-corrected chi connectivity index (χ3v) is 20.6. The summed E-state index contributed by atoms with van der Waals surface area (Å²) in [6.07, 6.45) is 0. The normalized spacial score (nSPS) is 10.8. The van der Waals surface area contributed by atoms with E-state index in [0.717, 1.165) is 156 Å². The number of nitrogens with zero attached hydrogens (tertiary/aromatic N) is 8. The van der Waals surface area contributed by atoms with Gasteiger partial charge in [0.1, 0.15) is 0 Å². The van der Waals surface area contributed by atoms with Gasteiger partial charge in [-0.15, -0.1) is 0 Å². The molecule has 0 aliphatic carbocycles. The Kier molecular flexibility index (Phi) is 19.3. The highest BCUT2D eigenvalue weighted by molar-refractivity contribution is 6.26. The fraction of sp³-hybridized carbons (Fsp3) is 0. The zero-order valence-corrected chi connectivity index (χ0v) is 60.8. The lowest BCUT2D eigenvalue weighted by molar-refractivity contribution is 1.26. The van der Waals surface area contributed by atoms with Crippen molar-refractivity contribution in [3.8, 4) is 68.8 Å². The second kappa shape index (κ2) is 31.3. The molecule has 524 valence electrons. The molecule has 0 aliphatic heterocycles. The third kappa shape index (κ3) is 13.6. The lowest BCUT2D eigenvalue weighted by Gasteiger charge is -2.30. The molecule has 0 bridgehead atoms. The van der Waals surface area contributed by atoms with Gasteiger partial charge in [0.15, 0.2) is 0 Å². The number of benzene rings is 18. The first kappa shape index (κ1) is 69.2. The Morgan fingerprint density at radius 1 is 0.161 bits per heavy atom. The van der Waals surface area contributed by atoms with Gasteiger partial charge < -0.3 is 19.6 Å². The molecule has 0 atom stereocenters. The summed E-state index contributed by atoms with van der Waals surface area (Å²) < 4.78 is 0. The summed E-state index contributed by atoms with van der Waals surface area (Å²) in [6.45, 7) is 0. The van der Waals surface area contributed by atoms with E-state index in [1.165, 1.54) is 0 Å². The zero-order valence-electron chi connectivity index (χ0n) is 60.8. The molecule has 0 N–H and O–H groups in total. The molecule has 18 aromatic rings. The van der Waals surface area contributed by atoms with Crippen LogP contribution in [-0.2, 0) is 0 Å². The Balaban J connectivity index is 0.000000163. The van der Waals surface area contributed by atoms with Gasteiger partial charge in [-0.25, -0.2) is 0 Å². The van der Waals surface area contributed by atoms with Crippen LogP contribution in [0.1, 0.15) is 22.3 Å². The summed E-state index contributed by atoms with van der Waals surface area (Å²) in [5, 5.41) is 47.4. The summed E-state index contributed by atoms with van der Waals surface area (Å²) in [7, 11) is 0. The summed E-state index contributed by atoms with van der Waals surface area (Å²) in [4.78, 5) is 9.18. The molecule has 112 heavy (non-hydrogen) atoms.